The number of halogens is 1. The van der Waals surface area contributed by atoms with Crippen molar-refractivity contribution in [1.29, 1.82) is 0 Å². The van der Waals surface area contributed by atoms with E-state index in [1.807, 2.05) is 59.5 Å². The molecule has 0 atom stereocenters. The lowest BCUT2D eigenvalue weighted by molar-refractivity contribution is 0.0779. The molecule has 1 aromatic heterocycles. The van der Waals surface area contributed by atoms with Crippen LogP contribution in [0, 0.1) is 0 Å². The van der Waals surface area contributed by atoms with Crippen molar-refractivity contribution in [2.24, 2.45) is 0 Å². The molecule has 0 fully saturated rings. The lowest BCUT2D eigenvalue weighted by atomic mass is 10.1. The Morgan fingerprint density at radius 3 is 2.68 bits per heavy atom. The van der Waals surface area contributed by atoms with E-state index in [0.29, 0.717) is 19.5 Å². The Bertz CT molecular complexity index is 927. The van der Waals surface area contributed by atoms with E-state index in [-0.39, 0.29) is 5.91 Å². The summed E-state index contributed by atoms with van der Waals surface area (Å²) in [5.41, 5.74) is 3.80. The Morgan fingerprint density at radius 2 is 1.88 bits per heavy atom. The molecule has 3 aromatic rings. The van der Waals surface area contributed by atoms with Crippen molar-refractivity contribution < 1.29 is 4.79 Å². The molecule has 124 valence electrons. The molecule has 0 aliphatic carbocycles. The van der Waals surface area contributed by atoms with Crippen molar-refractivity contribution in [2.75, 3.05) is 6.54 Å². The van der Waals surface area contributed by atoms with Gasteiger partial charge in [-0.05, 0) is 33.6 Å². The van der Waals surface area contributed by atoms with Crippen LogP contribution in [-0.4, -0.2) is 27.3 Å². The summed E-state index contributed by atoms with van der Waals surface area (Å²) in [6, 6.07) is 17.7. The van der Waals surface area contributed by atoms with E-state index < -0.39 is 0 Å². The number of carbonyl (C=O) groups excluding carboxylic acids is 1. The van der Waals surface area contributed by atoms with Crippen molar-refractivity contribution in [3.63, 3.8) is 0 Å². The third-order valence-corrected chi connectivity index (χ3v) is 5.01. The number of hydrogen-bond acceptors (Lipinski definition) is 3. The Morgan fingerprint density at radius 1 is 1.04 bits per heavy atom. The molecule has 4 nitrogen and oxygen atoms in total. The van der Waals surface area contributed by atoms with Crippen molar-refractivity contribution in [2.45, 2.75) is 13.0 Å². The molecule has 25 heavy (non-hydrogen) atoms. The molecule has 0 bridgehead atoms. The predicted molar refractivity (Wildman–Crippen MR) is 100 cm³/mol. The molecule has 5 heteroatoms. The second-order valence-corrected chi connectivity index (χ2v) is 6.84. The van der Waals surface area contributed by atoms with Crippen LogP contribution in [0.4, 0.5) is 0 Å². The Kier molecular flexibility index (Phi) is 4.32. The van der Waals surface area contributed by atoms with Crippen molar-refractivity contribution in [3.8, 4) is 11.4 Å². The summed E-state index contributed by atoms with van der Waals surface area (Å²) in [5.74, 6) is 0.802. The summed E-state index contributed by atoms with van der Waals surface area (Å²) < 4.78 is 0.867. The monoisotopic (exact) mass is 393 g/mol. The van der Waals surface area contributed by atoms with Gasteiger partial charge in [-0.25, -0.2) is 9.97 Å². The number of hydrogen-bond donors (Lipinski definition) is 0. The molecule has 1 aliphatic rings. The fraction of sp³-hybridized carbons (Fsp3) is 0.150. The van der Waals surface area contributed by atoms with Gasteiger partial charge in [-0.1, -0.05) is 42.5 Å². The molecule has 4 rings (SSSR count). The van der Waals surface area contributed by atoms with Crippen LogP contribution in [0.5, 0.6) is 0 Å². The molecule has 0 saturated heterocycles. The summed E-state index contributed by atoms with van der Waals surface area (Å²) in [7, 11) is 0. The molecule has 1 aliphatic heterocycles. The Hall–Kier alpha value is -2.53. The highest BCUT2D eigenvalue weighted by Crippen LogP contribution is 2.29. The molecular formula is C20H16BrN3O. The number of rotatable bonds is 4. The minimum Gasteiger partial charge on any atom is -0.334 e. The van der Waals surface area contributed by atoms with Gasteiger partial charge in [0.2, 0.25) is 0 Å². The first-order valence-corrected chi connectivity index (χ1v) is 8.96. The zero-order valence-corrected chi connectivity index (χ0v) is 15.1. The third kappa shape index (κ3) is 3.20. The maximum atomic E-state index is 12.6. The van der Waals surface area contributed by atoms with E-state index in [1.165, 1.54) is 0 Å². The van der Waals surface area contributed by atoms with Crippen LogP contribution in [0.15, 0.2) is 65.3 Å². The summed E-state index contributed by atoms with van der Waals surface area (Å²) in [6.45, 7) is 1.30. The molecule has 2 heterocycles. The molecule has 0 radical (unpaired) electrons. The highest BCUT2D eigenvalue weighted by atomic mass is 79.9. The highest BCUT2D eigenvalue weighted by molar-refractivity contribution is 9.10. The fourth-order valence-electron chi connectivity index (χ4n) is 3.07. The van der Waals surface area contributed by atoms with Gasteiger partial charge < -0.3 is 4.90 Å². The molecular weight excluding hydrogens is 378 g/mol. The van der Waals surface area contributed by atoms with Gasteiger partial charge in [-0.2, -0.15) is 0 Å². The van der Waals surface area contributed by atoms with Crippen LogP contribution < -0.4 is 0 Å². The maximum Gasteiger partial charge on any atom is 0.255 e. The van der Waals surface area contributed by atoms with Crippen LogP contribution in [0.25, 0.3) is 11.4 Å². The lowest BCUT2D eigenvalue weighted by Crippen LogP contribution is -2.26. The molecule has 1 amide bonds. The fourth-order valence-corrected chi connectivity index (χ4v) is 3.64. The van der Waals surface area contributed by atoms with Gasteiger partial charge in [-0.15, -0.1) is 0 Å². The molecule has 0 saturated carbocycles. The number of aromatic nitrogens is 2. The number of carbonyl (C=O) groups is 1. The number of nitrogens with zero attached hydrogens (tertiary/aromatic N) is 3. The standard InChI is InChI=1S/C20H16BrN3O/c21-17-8-4-7-15-13-24(20(25)18(15)17)12-10-16-9-11-22-19(23-16)14-5-2-1-3-6-14/h1-9,11H,10,12-13H2. The largest absolute Gasteiger partial charge is 0.334 e. The average molecular weight is 394 g/mol. The first kappa shape index (κ1) is 16.0. The molecule has 0 spiro atoms. The van der Waals surface area contributed by atoms with Gasteiger partial charge in [0.1, 0.15) is 0 Å². The second kappa shape index (κ2) is 6.76. The molecule has 0 N–H and O–H groups in total. The van der Waals surface area contributed by atoms with Crippen LogP contribution in [0.3, 0.4) is 0 Å². The van der Waals surface area contributed by atoms with Gasteiger partial charge in [0.25, 0.3) is 5.91 Å². The van der Waals surface area contributed by atoms with Crippen LogP contribution in [0.1, 0.15) is 21.6 Å². The first-order valence-electron chi connectivity index (χ1n) is 8.16. The minimum atomic E-state index is 0.0832. The average Bonchev–Trinajstić information content (AvgIpc) is 2.98. The van der Waals surface area contributed by atoms with Gasteiger partial charge in [0, 0.05) is 41.4 Å². The second-order valence-electron chi connectivity index (χ2n) is 5.99. The molecule has 2 aromatic carbocycles. The van der Waals surface area contributed by atoms with E-state index in [1.54, 1.807) is 6.20 Å². The van der Waals surface area contributed by atoms with Crippen molar-refractivity contribution >= 4 is 21.8 Å². The van der Waals surface area contributed by atoms with Gasteiger partial charge in [0.15, 0.2) is 5.82 Å². The smallest absolute Gasteiger partial charge is 0.255 e. The number of benzene rings is 2. The summed E-state index contributed by atoms with van der Waals surface area (Å²) in [4.78, 5) is 23.5. The maximum absolute atomic E-state index is 12.6. The van der Waals surface area contributed by atoms with E-state index in [4.69, 9.17) is 0 Å². The predicted octanol–water partition coefficient (Wildman–Crippen LogP) is 4.10. The summed E-state index contributed by atoms with van der Waals surface area (Å²) >= 11 is 3.48. The van der Waals surface area contributed by atoms with E-state index >= 15 is 0 Å². The van der Waals surface area contributed by atoms with Gasteiger partial charge >= 0.3 is 0 Å². The quantitative estimate of drug-likeness (QED) is 0.669. The normalized spacial score (nSPS) is 13.2. The SMILES string of the molecule is O=C1c2c(Br)cccc2CN1CCc1ccnc(-c2ccccc2)n1. The highest BCUT2D eigenvalue weighted by Gasteiger charge is 2.28. The van der Waals surface area contributed by atoms with Crippen molar-refractivity contribution in [3.05, 3.63) is 82.1 Å². The van der Waals surface area contributed by atoms with Crippen LogP contribution in [0.2, 0.25) is 0 Å². The van der Waals surface area contributed by atoms with Crippen molar-refractivity contribution in [1.82, 2.24) is 14.9 Å². The van der Waals surface area contributed by atoms with E-state index in [2.05, 4.69) is 25.9 Å². The zero-order valence-electron chi connectivity index (χ0n) is 13.5. The van der Waals surface area contributed by atoms with Gasteiger partial charge in [0.05, 0.1) is 5.56 Å². The lowest BCUT2D eigenvalue weighted by Gasteiger charge is -2.15. The van der Waals surface area contributed by atoms with E-state index in [9.17, 15) is 4.79 Å². The third-order valence-electron chi connectivity index (χ3n) is 4.35. The van der Waals surface area contributed by atoms with Crippen LogP contribution in [-0.2, 0) is 13.0 Å². The molecule has 0 unspecified atom stereocenters. The Labute approximate surface area is 154 Å². The minimum absolute atomic E-state index is 0.0832. The first-order chi connectivity index (χ1) is 12.2. The summed E-state index contributed by atoms with van der Waals surface area (Å²) in [5, 5.41) is 0. The Balaban J connectivity index is 1.48. The zero-order chi connectivity index (χ0) is 17.2. The van der Waals surface area contributed by atoms with Crippen LogP contribution >= 0.6 is 15.9 Å². The topological polar surface area (TPSA) is 46.1 Å². The van der Waals surface area contributed by atoms with E-state index in [0.717, 1.165) is 32.7 Å². The number of fused-ring (bicyclic) bond motifs is 1. The summed E-state index contributed by atoms with van der Waals surface area (Å²) in [6.07, 6.45) is 2.49. The van der Waals surface area contributed by atoms with Gasteiger partial charge in [-0.3, -0.25) is 4.79 Å². The number of amides is 1.